The average Bonchev–Trinajstić information content (AvgIpc) is 2.41. The van der Waals surface area contributed by atoms with E-state index in [0.29, 0.717) is 31.0 Å². The maximum atomic E-state index is 12.4. The fourth-order valence-corrected chi connectivity index (χ4v) is 3.86. The van der Waals surface area contributed by atoms with Gasteiger partial charge >= 0.3 is 0 Å². The maximum Gasteiger partial charge on any atom is 0.241 e. The molecule has 108 valence electrons. The molecule has 0 aliphatic carbocycles. The minimum absolute atomic E-state index is 0.0820. The number of likely N-dealkylation sites (tertiary alicyclic amines) is 1. The molecule has 1 aliphatic rings. The molecule has 0 radical (unpaired) electrons. The third-order valence-electron chi connectivity index (χ3n) is 3.49. The molecule has 0 saturated carbocycles. The first-order chi connectivity index (χ1) is 9.37. The van der Waals surface area contributed by atoms with E-state index in [2.05, 4.69) is 15.7 Å². The molecule has 1 aliphatic heterocycles. The van der Waals surface area contributed by atoms with E-state index in [-0.39, 0.29) is 4.90 Å². The van der Waals surface area contributed by atoms with Crippen LogP contribution in [0.15, 0.2) is 29.2 Å². The van der Waals surface area contributed by atoms with Crippen LogP contribution in [-0.2, 0) is 10.0 Å². The minimum Gasteiger partial charge on any atom is -0.306 e. The van der Waals surface area contributed by atoms with Gasteiger partial charge in [0.1, 0.15) is 5.54 Å². The third kappa shape index (κ3) is 3.30. The highest BCUT2D eigenvalue weighted by molar-refractivity contribution is 7.89. The fourth-order valence-electron chi connectivity index (χ4n) is 2.19. The zero-order chi connectivity index (χ0) is 14.8. The van der Waals surface area contributed by atoms with E-state index in [4.69, 9.17) is 11.6 Å². The van der Waals surface area contributed by atoms with Crippen molar-refractivity contribution >= 4 is 21.6 Å². The van der Waals surface area contributed by atoms with E-state index in [0.717, 1.165) is 0 Å². The summed E-state index contributed by atoms with van der Waals surface area (Å²) in [5, 5.41) is 9.72. The lowest BCUT2D eigenvalue weighted by molar-refractivity contribution is 0.213. The number of nitrogens with zero attached hydrogens (tertiary/aromatic N) is 2. The first-order valence-electron chi connectivity index (χ1n) is 6.26. The summed E-state index contributed by atoms with van der Waals surface area (Å²) in [6.07, 6.45) is 0.944. The van der Waals surface area contributed by atoms with E-state index < -0.39 is 15.6 Å². The molecule has 1 heterocycles. The van der Waals surface area contributed by atoms with Crippen LogP contribution in [-0.4, -0.2) is 39.0 Å². The molecule has 0 aromatic heterocycles. The molecular formula is C13H16ClN3O2S. The molecule has 1 N–H and O–H groups in total. The van der Waals surface area contributed by atoms with Crippen molar-refractivity contribution in [1.82, 2.24) is 9.62 Å². The summed E-state index contributed by atoms with van der Waals surface area (Å²) in [4.78, 5) is 2.15. The van der Waals surface area contributed by atoms with Crippen LogP contribution < -0.4 is 4.72 Å². The Hall–Kier alpha value is -1.13. The van der Waals surface area contributed by atoms with Gasteiger partial charge in [-0.3, -0.25) is 0 Å². The topological polar surface area (TPSA) is 73.2 Å². The molecule has 20 heavy (non-hydrogen) atoms. The first-order valence-corrected chi connectivity index (χ1v) is 8.12. The first kappa shape index (κ1) is 15.3. The molecule has 1 saturated heterocycles. The zero-order valence-corrected chi connectivity index (χ0v) is 12.7. The van der Waals surface area contributed by atoms with Gasteiger partial charge in [-0.1, -0.05) is 17.7 Å². The van der Waals surface area contributed by atoms with Crippen LogP contribution in [0.5, 0.6) is 0 Å². The quantitative estimate of drug-likeness (QED) is 0.920. The van der Waals surface area contributed by atoms with Crippen LogP contribution >= 0.6 is 11.6 Å². The van der Waals surface area contributed by atoms with Gasteiger partial charge in [0.15, 0.2) is 0 Å². The van der Waals surface area contributed by atoms with Crippen molar-refractivity contribution in [2.45, 2.75) is 23.3 Å². The fraction of sp³-hybridized carbons (Fsp3) is 0.462. The summed E-state index contributed by atoms with van der Waals surface area (Å²) in [5.74, 6) is 0. The Bertz CT molecular complexity index is 631. The third-order valence-corrected chi connectivity index (χ3v) is 5.26. The predicted octanol–water partition coefficient (Wildman–Crippen LogP) is 1.61. The summed E-state index contributed by atoms with van der Waals surface area (Å²) >= 11 is 5.82. The molecule has 1 fully saturated rings. The summed E-state index contributed by atoms with van der Waals surface area (Å²) in [7, 11) is -1.79. The van der Waals surface area contributed by atoms with Crippen molar-refractivity contribution in [2.24, 2.45) is 0 Å². The summed E-state index contributed by atoms with van der Waals surface area (Å²) in [6, 6.07) is 8.16. The Morgan fingerprint density at radius 3 is 2.60 bits per heavy atom. The number of nitrogens with one attached hydrogen (secondary N) is 1. The van der Waals surface area contributed by atoms with Gasteiger partial charge in [0, 0.05) is 18.1 Å². The summed E-state index contributed by atoms with van der Waals surface area (Å²) in [5.41, 5.74) is -1.03. The molecule has 0 atom stereocenters. The molecule has 2 rings (SSSR count). The Labute approximate surface area is 124 Å². The van der Waals surface area contributed by atoms with Gasteiger partial charge in [0.2, 0.25) is 10.0 Å². The van der Waals surface area contributed by atoms with Crippen LogP contribution in [0.1, 0.15) is 12.8 Å². The number of piperidine rings is 1. The van der Waals surface area contributed by atoms with E-state index in [9.17, 15) is 13.7 Å². The smallest absolute Gasteiger partial charge is 0.241 e. The summed E-state index contributed by atoms with van der Waals surface area (Å²) < 4.78 is 27.3. The number of rotatable bonds is 3. The van der Waals surface area contributed by atoms with Crippen LogP contribution in [0.4, 0.5) is 0 Å². The van der Waals surface area contributed by atoms with Crippen molar-refractivity contribution in [1.29, 1.82) is 5.26 Å². The van der Waals surface area contributed by atoms with E-state index >= 15 is 0 Å². The second kappa shape index (κ2) is 5.70. The van der Waals surface area contributed by atoms with Crippen molar-refractivity contribution in [3.63, 3.8) is 0 Å². The monoisotopic (exact) mass is 313 g/mol. The Balaban J connectivity index is 2.25. The molecule has 7 heteroatoms. The molecule has 1 aromatic rings. The molecular weight excluding hydrogens is 298 g/mol. The van der Waals surface area contributed by atoms with Gasteiger partial charge in [0.05, 0.1) is 11.0 Å². The standard InChI is InChI=1S/C13H16ClN3O2S/c1-17-7-5-13(10-15,6-8-17)16-20(18,19)12-4-2-3-11(14)9-12/h2-4,9,16H,5-8H2,1H3. The van der Waals surface area contributed by atoms with Crippen molar-refractivity contribution in [3.8, 4) is 6.07 Å². The zero-order valence-electron chi connectivity index (χ0n) is 11.1. The molecule has 0 unspecified atom stereocenters. The maximum absolute atomic E-state index is 12.4. The largest absolute Gasteiger partial charge is 0.306 e. The minimum atomic E-state index is -3.75. The second-order valence-electron chi connectivity index (χ2n) is 5.06. The molecule has 0 amide bonds. The number of sulfonamides is 1. The lowest BCUT2D eigenvalue weighted by Gasteiger charge is -2.35. The van der Waals surface area contributed by atoms with Crippen molar-refractivity contribution < 1.29 is 8.42 Å². The lowest BCUT2D eigenvalue weighted by Crippen LogP contribution is -2.53. The molecule has 0 spiro atoms. The normalized spacial score (nSPS) is 19.4. The van der Waals surface area contributed by atoms with Crippen LogP contribution in [0, 0.1) is 11.3 Å². The molecule has 5 nitrogen and oxygen atoms in total. The predicted molar refractivity (Wildman–Crippen MR) is 76.8 cm³/mol. The summed E-state index contributed by atoms with van der Waals surface area (Å²) in [6.45, 7) is 1.37. The van der Waals surface area contributed by atoms with Crippen molar-refractivity contribution in [3.05, 3.63) is 29.3 Å². The second-order valence-corrected chi connectivity index (χ2v) is 7.18. The van der Waals surface area contributed by atoms with Gasteiger partial charge in [-0.2, -0.15) is 9.98 Å². The van der Waals surface area contributed by atoms with Crippen LogP contribution in [0.2, 0.25) is 5.02 Å². The highest BCUT2D eigenvalue weighted by atomic mass is 35.5. The van der Waals surface area contributed by atoms with E-state index in [1.54, 1.807) is 12.1 Å². The molecule has 0 bridgehead atoms. The van der Waals surface area contributed by atoms with Gasteiger partial charge in [-0.25, -0.2) is 8.42 Å². The van der Waals surface area contributed by atoms with Gasteiger partial charge in [-0.05, 0) is 38.1 Å². The lowest BCUT2D eigenvalue weighted by atomic mass is 9.91. The Kier molecular flexibility index (Phi) is 4.35. The Morgan fingerprint density at radius 2 is 2.05 bits per heavy atom. The average molecular weight is 314 g/mol. The molecule has 1 aromatic carbocycles. The number of hydrogen-bond acceptors (Lipinski definition) is 4. The Morgan fingerprint density at radius 1 is 1.40 bits per heavy atom. The number of halogens is 1. The van der Waals surface area contributed by atoms with Crippen LogP contribution in [0.3, 0.4) is 0 Å². The van der Waals surface area contributed by atoms with Gasteiger partial charge in [-0.15, -0.1) is 0 Å². The SMILES string of the molecule is CN1CCC(C#N)(NS(=O)(=O)c2cccc(Cl)c2)CC1. The highest BCUT2D eigenvalue weighted by Crippen LogP contribution is 2.24. The highest BCUT2D eigenvalue weighted by Gasteiger charge is 2.38. The van der Waals surface area contributed by atoms with E-state index in [1.807, 2.05) is 7.05 Å². The number of nitriles is 1. The number of benzene rings is 1. The van der Waals surface area contributed by atoms with Gasteiger partial charge < -0.3 is 4.90 Å². The van der Waals surface area contributed by atoms with Crippen LogP contribution in [0.25, 0.3) is 0 Å². The number of hydrogen-bond donors (Lipinski definition) is 1. The van der Waals surface area contributed by atoms with Gasteiger partial charge in [0.25, 0.3) is 0 Å². The van der Waals surface area contributed by atoms with E-state index in [1.165, 1.54) is 12.1 Å². The van der Waals surface area contributed by atoms with Crippen molar-refractivity contribution in [2.75, 3.05) is 20.1 Å².